The second-order valence-corrected chi connectivity index (χ2v) is 4.66. The molecule has 3 heteroatoms. The van der Waals surface area contributed by atoms with Crippen molar-refractivity contribution in [2.75, 3.05) is 13.1 Å². The highest BCUT2D eigenvalue weighted by molar-refractivity contribution is 5.37. The van der Waals surface area contributed by atoms with E-state index in [1.165, 1.54) is 0 Å². The van der Waals surface area contributed by atoms with Crippen LogP contribution in [-0.4, -0.2) is 13.1 Å². The lowest BCUT2D eigenvalue weighted by atomic mass is 9.85. The molecule has 1 saturated heterocycles. The third kappa shape index (κ3) is 1.46. The van der Waals surface area contributed by atoms with Crippen LogP contribution >= 0.6 is 0 Å². The predicted octanol–water partition coefficient (Wildman–Crippen LogP) is 2.32. The smallest absolute Gasteiger partial charge is 0.129 e. The Morgan fingerprint density at radius 3 is 3.12 bits per heavy atom. The minimum atomic E-state index is -0.357. The van der Waals surface area contributed by atoms with Gasteiger partial charge in [-0.3, -0.25) is 0 Å². The molecule has 1 N–H and O–H groups in total. The molecule has 3 rings (SSSR count). The van der Waals surface area contributed by atoms with Crippen LogP contribution in [-0.2, 0) is 16.9 Å². The van der Waals surface area contributed by atoms with Gasteiger partial charge >= 0.3 is 0 Å². The van der Waals surface area contributed by atoms with E-state index in [4.69, 9.17) is 4.74 Å². The quantitative estimate of drug-likeness (QED) is 0.726. The number of ether oxygens (including phenoxy) is 1. The molecule has 0 saturated carbocycles. The van der Waals surface area contributed by atoms with Crippen LogP contribution in [0.15, 0.2) is 18.2 Å². The molecule has 2 aliphatic rings. The van der Waals surface area contributed by atoms with E-state index in [1.54, 1.807) is 12.1 Å². The summed E-state index contributed by atoms with van der Waals surface area (Å²) >= 11 is 0. The molecule has 1 aromatic rings. The van der Waals surface area contributed by atoms with Gasteiger partial charge in [0, 0.05) is 5.56 Å². The molecule has 0 aromatic heterocycles. The van der Waals surface area contributed by atoms with E-state index in [-0.39, 0.29) is 11.4 Å². The molecule has 2 aliphatic heterocycles. The fraction of sp³-hybridized carbons (Fsp3) is 0.538. The van der Waals surface area contributed by atoms with E-state index in [0.717, 1.165) is 43.5 Å². The fourth-order valence-corrected chi connectivity index (χ4v) is 2.92. The predicted molar refractivity (Wildman–Crippen MR) is 59.6 cm³/mol. The second kappa shape index (κ2) is 3.82. The maximum Gasteiger partial charge on any atom is 0.129 e. The number of hydrogen-bond donors (Lipinski definition) is 1. The van der Waals surface area contributed by atoms with Gasteiger partial charge in [-0.15, -0.1) is 0 Å². The van der Waals surface area contributed by atoms with Crippen molar-refractivity contribution in [2.45, 2.75) is 31.5 Å². The van der Waals surface area contributed by atoms with Crippen molar-refractivity contribution in [3.8, 4) is 0 Å². The molecule has 2 nitrogen and oxygen atoms in total. The third-order valence-electron chi connectivity index (χ3n) is 3.70. The summed E-state index contributed by atoms with van der Waals surface area (Å²) in [4.78, 5) is 0. The third-order valence-corrected chi connectivity index (χ3v) is 3.70. The van der Waals surface area contributed by atoms with E-state index in [1.807, 2.05) is 6.07 Å². The topological polar surface area (TPSA) is 21.3 Å². The van der Waals surface area contributed by atoms with Gasteiger partial charge in [-0.05, 0) is 44.0 Å². The standard InChI is InChI=1S/C13H16FNO/c14-11-4-1-3-10-9-16-13(12(10)11)5-2-7-15-8-6-13/h1,3-4,15H,2,5-9H2. The molecule has 0 aliphatic carbocycles. The maximum atomic E-state index is 14.0. The Kier molecular flexibility index (Phi) is 2.45. The summed E-state index contributed by atoms with van der Waals surface area (Å²) in [5, 5.41) is 3.35. The van der Waals surface area contributed by atoms with E-state index in [0.29, 0.717) is 6.61 Å². The first-order valence-electron chi connectivity index (χ1n) is 5.94. The number of fused-ring (bicyclic) bond motifs is 2. The van der Waals surface area contributed by atoms with Gasteiger partial charge in [0.05, 0.1) is 12.2 Å². The van der Waals surface area contributed by atoms with Gasteiger partial charge in [0.15, 0.2) is 0 Å². The van der Waals surface area contributed by atoms with Crippen LogP contribution in [0.3, 0.4) is 0 Å². The molecule has 0 amide bonds. The molecule has 1 atom stereocenters. The van der Waals surface area contributed by atoms with Gasteiger partial charge in [-0.25, -0.2) is 4.39 Å². The molecular formula is C13H16FNO. The minimum absolute atomic E-state index is 0.100. The van der Waals surface area contributed by atoms with Crippen molar-refractivity contribution in [1.82, 2.24) is 5.32 Å². The zero-order valence-corrected chi connectivity index (χ0v) is 9.26. The molecule has 1 unspecified atom stereocenters. The number of halogens is 1. The number of benzene rings is 1. The van der Waals surface area contributed by atoms with Crippen molar-refractivity contribution in [3.63, 3.8) is 0 Å². The maximum absolute atomic E-state index is 14.0. The normalized spacial score (nSPS) is 29.1. The van der Waals surface area contributed by atoms with Crippen LogP contribution in [0.5, 0.6) is 0 Å². The number of hydrogen-bond acceptors (Lipinski definition) is 2. The summed E-state index contributed by atoms with van der Waals surface area (Å²) in [5.41, 5.74) is 1.49. The molecule has 1 fully saturated rings. The molecule has 0 radical (unpaired) electrons. The number of nitrogens with one attached hydrogen (secondary N) is 1. The lowest BCUT2D eigenvalue weighted by molar-refractivity contribution is -0.0485. The molecule has 2 heterocycles. The Labute approximate surface area is 94.8 Å². The summed E-state index contributed by atoms with van der Waals surface area (Å²) in [7, 11) is 0. The van der Waals surface area contributed by atoms with Gasteiger partial charge in [0.2, 0.25) is 0 Å². The van der Waals surface area contributed by atoms with Crippen LogP contribution in [0.2, 0.25) is 0 Å². The molecule has 86 valence electrons. The first-order valence-corrected chi connectivity index (χ1v) is 5.94. The summed E-state index contributed by atoms with van der Waals surface area (Å²) in [6.07, 6.45) is 2.85. The highest BCUT2D eigenvalue weighted by Crippen LogP contribution is 2.44. The van der Waals surface area contributed by atoms with Gasteiger partial charge < -0.3 is 10.1 Å². The van der Waals surface area contributed by atoms with Crippen molar-refractivity contribution in [3.05, 3.63) is 35.1 Å². The lowest BCUT2D eigenvalue weighted by Gasteiger charge is -2.28. The summed E-state index contributed by atoms with van der Waals surface area (Å²) in [6.45, 7) is 2.48. The highest BCUT2D eigenvalue weighted by atomic mass is 19.1. The van der Waals surface area contributed by atoms with Crippen molar-refractivity contribution in [2.24, 2.45) is 0 Å². The average molecular weight is 221 g/mol. The van der Waals surface area contributed by atoms with E-state index >= 15 is 0 Å². The van der Waals surface area contributed by atoms with E-state index in [2.05, 4.69) is 5.32 Å². The van der Waals surface area contributed by atoms with Crippen molar-refractivity contribution in [1.29, 1.82) is 0 Å². The Hall–Kier alpha value is -0.930. The monoisotopic (exact) mass is 221 g/mol. The van der Waals surface area contributed by atoms with Crippen molar-refractivity contribution < 1.29 is 9.13 Å². The van der Waals surface area contributed by atoms with Gasteiger partial charge in [0.25, 0.3) is 0 Å². The SMILES string of the molecule is Fc1cccc2c1C1(CCCNCC1)OC2. The first kappa shape index (κ1) is 10.2. The van der Waals surface area contributed by atoms with Crippen LogP contribution in [0.25, 0.3) is 0 Å². The molecule has 16 heavy (non-hydrogen) atoms. The molecule has 0 bridgehead atoms. The van der Waals surface area contributed by atoms with Crippen LogP contribution < -0.4 is 5.32 Å². The molecule has 1 aromatic carbocycles. The summed E-state index contributed by atoms with van der Waals surface area (Å²) < 4.78 is 19.9. The minimum Gasteiger partial charge on any atom is -0.365 e. The highest BCUT2D eigenvalue weighted by Gasteiger charge is 2.42. The average Bonchev–Trinajstić information content (AvgIpc) is 2.49. The van der Waals surface area contributed by atoms with Gasteiger partial charge in [-0.2, -0.15) is 0 Å². The molecule has 1 spiro atoms. The number of rotatable bonds is 0. The Morgan fingerprint density at radius 1 is 1.25 bits per heavy atom. The lowest BCUT2D eigenvalue weighted by Crippen LogP contribution is -2.27. The summed E-state index contributed by atoms with van der Waals surface area (Å²) in [6, 6.07) is 5.30. The summed E-state index contributed by atoms with van der Waals surface area (Å²) in [5.74, 6) is -0.100. The Balaban J connectivity index is 2.05. The van der Waals surface area contributed by atoms with Crippen LogP contribution in [0.1, 0.15) is 30.4 Å². The van der Waals surface area contributed by atoms with E-state index < -0.39 is 0 Å². The Morgan fingerprint density at radius 2 is 2.19 bits per heavy atom. The Bertz CT molecular complexity index is 397. The van der Waals surface area contributed by atoms with Crippen molar-refractivity contribution >= 4 is 0 Å². The zero-order chi connectivity index (χ0) is 11.0. The van der Waals surface area contributed by atoms with E-state index in [9.17, 15) is 4.39 Å². The first-order chi connectivity index (χ1) is 7.82. The zero-order valence-electron chi connectivity index (χ0n) is 9.26. The van der Waals surface area contributed by atoms with Gasteiger partial charge in [-0.1, -0.05) is 12.1 Å². The fourth-order valence-electron chi connectivity index (χ4n) is 2.92. The van der Waals surface area contributed by atoms with Crippen LogP contribution in [0.4, 0.5) is 4.39 Å². The largest absolute Gasteiger partial charge is 0.365 e. The second-order valence-electron chi connectivity index (χ2n) is 4.66. The molecular weight excluding hydrogens is 205 g/mol. The van der Waals surface area contributed by atoms with Gasteiger partial charge in [0.1, 0.15) is 5.82 Å². The van der Waals surface area contributed by atoms with Crippen LogP contribution in [0, 0.1) is 5.82 Å².